The van der Waals surface area contributed by atoms with Crippen LogP contribution in [-0.4, -0.2) is 35.5 Å². The Morgan fingerprint density at radius 1 is 1.40 bits per heavy atom. The maximum atomic E-state index is 11.5. The summed E-state index contributed by atoms with van der Waals surface area (Å²) in [6.45, 7) is 10.3. The molecule has 0 fully saturated rings. The van der Waals surface area contributed by atoms with Crippen LogP contribution in [0.15, 0.2) is 12.7 Å². The van der Waals surface area contributed by atoms with Gasteiger partial charge >= 0.3 is 6.09 Å². The lowest BCUT2D eigenvalue weighted by Crippen LogP contribution is -2.42. The summed E-state index contributed by atoms with van der Waals surface area (Å²) >= 11 is 0. The molecule has 1 amide bonds. The standard InChI is InChI=1S/C11H19NO3/c1-7-9(13)8(2)12(6)10(14)15-11(3,4)5/h7-8H,1H2,2-6H3. The van der Waals surface area contributed by atoms with Crippen molar-refractivity contribution in [1.29, 1.82) is 0 Å². The van der Waals surface area contributed by atoms with Crippen LogP contribution in [0.3, 0.4) is 0 Å². The first-order valence-corrected chi connectivity index (χ1v) is 4.81. The Labute approximate surface area is 90.9 Å². The zero-order valence-electron chi connectivity index (χ0n) is 10.0. The van der Waals surface area contributed by atoms with Crippen LogP contribution >= 0.6 is 0 Å². The monoisotopic (exact) mass is 213 g/mol. The maximum Gasteiger partial charge on any atom is 0.410 e. The molecule has 4 nitrogen and oxygen atoms in total. The summed E-state index contributed by atoms with van der Waals surface area (Å²) in [7, 11) is 1.53. The molecule has 86 valence electrons. The van der Waals surface area contributed by atoms with Crippen molar-refractivity contribution in [3.8, 4) is 0 Å². The summed E-state index contributed by atoms with van der Waals surface area (Å²) in [5, 5.41) is 0. The molecule has 0 heterocycles. The predicted molar refractivity (Wildman–Crippen MR) is 58.7 cm³/mol. The first kappa shape index (κ1) is 13.7. The molecule has 0 aromatic carbocycles. The average molecular weight is 213 g/mol. The molecule has 0 aliphatic rings. The van der Waals surface area contributed by atoms with Gasteiger partial charge in [0.05, 0.1) is 6.04 Å². The Kier molecular flexibility index (Phi) is 4.52. The fourth-order valence-electron chi connectivity index (χ4n) is 0.853. The number of rotatable bonds is 3. The number of carbonyl (C=O) groups excluding carboxylic acids is 2. The Balaban J connectivity index is 4.45. The van der Waals surface area contributed by atoms with Crippen molar-refractivity contribution in [2.45, 2.75) is 39.3 Å². The highest BCUT2D eigenvalue weighted by molar-refractivity contribution is 5.95. The first-order chi connectivity index (χ1) is 6.69. The number of hydrogen-bond acceptors (Lipinski definition) is 3. The van der Waals surface area contributed by atoms with Gasteiger partial charge in [0, 0.05) is 7.05 Å². The van der Waals surface area contributed by atoms with Crippen molar-refractivity contribution in [1.82, 2.24) is 4.90 Å². The van der Waals surface area contributed by atoms with Gasteiger partial charge in [-0.3, -0.25) is 4.79 Å². The summed E-state index contributed by atoms with van der Waals surface area (Å²) in [5.74, 6) is -0.205. The lowest BCUT2D eigenvalue weighted by molar-refractivity contribution is -0.118. The van der Waals surface area contributed by atoms with Crippen LogP contribution < -0.4 is 0 Å². The van der Waals surface area contributed by atoms with Crippen LogP contribution in [-0.2, 0) is 9.53 Å². The van der Waals surface area contributed by atoms with E-state index in [9.17, 15) is 9.59 Å². The van der Waals surface area contributed by atoms with Crippen LogP contribution in [0.25, 0.3) is 0 Å². The Morgan fingerprint density at radius 2 is 1.87 bits per heavy atom. The summed E-state index contributed by atoms with van der Waals surface area (Å²) in [5.41, 5.74) is -0.553. The smallest absolute Gasteiger partial charge is 0.410 e. The zero-order chi connectivity index (χ0) is 12.2. The Morgan fingerprint density at radius 3 is 2.20 bits per heavy atom. The molecular weight excluding hydrogens is 194 g/mol. The number of hydrogen-bond donors (Lipinski definition) is 0. The Bertz CT molecular complexity index is 265. The number of nitrogens with zero attached hydrogens (tertiary/aromatic N) is 1. The van der Waals surface area contributed by atoms with Crippen LogP contribution in [0.4, 0.5) is 4.79 Å². The lowest BCUT2D eigenvalue weighted by Gasteiger charge is -2.27. The van der Waals surface area contributed by atoms with Gasteiger partial charge in [0.15, 0.2) is 5.78 Å². The van der Waals surface area contributed by atoms with Gasteiger partial charge in [-0.2, -0.15) is 0 Å². The number of amides is 1. The molecule has 0 bridgehead atoms. The highest BCUT2D eigenvalue weighted by atomic mass is 16.6. The predicted octanol–water partition coefficient (Wildman–Crippen LogP) is 2.00. The second-order valence-electron chi connectivity index (χ2n) is 4.37. The number of ketones is 1. The fraction of sp³-hybridized carbons (Fsp3) is 0.636. The molecule has 0 aromatic heterocycles. The van der Waals surface area contributed by atoms with Crippen molar-refractivity contribution in [3.63, 3.8) is 0 Å². The molecule has 15 heavy (non-hydrogen) atoms. The van der Waals surface area contributed by atoms with Gasteiger partial charge in [-0.05, 0) is 33.8 Å². The van der Waals surface area contributed by atoms with E-state index in [1.54, 1.807) is 27.7 Å². The van der Waals surface area contributed by atoms with Crippen molar-refractivity contribution < 1.29 is 14.3 Å². The molecule has 1 unspecified atom stereocenters. The van der Waals surface area contributed by atoms with Gasteiger partial charge < -0.3 is 9.64 Å². The zero-order valence-corrected chi connectivity index (χ0v) is 10.0. The molecule has 0 rings (SSSR count). The quantitative estimate of drug-likeness (QED) is 0.673. The van der Waals surface area contributed by atoms with E-state index in [4.69, 9.17) is 4.74 Å². The molecule has 0 aromatic rings. The van der Waals surface area contributed by atoms with Crippen LogP contribution in [0.1, 0.15) is 27.7 Å². The number of carbonyl (C=O) groups is 2. The van der Waals surface area contributed by atoms with E-state index in [0.29, 0.717) is 0 Å². The second kappa shape index (κ2) is 4.96. The number of ether oxygens (including phenoxy) is 1. The fourth-order valence-corrected chi connectivity index (χ4v) is 0.853. The van der Waals surface area contributed by atoms with E-state index >= 15 is 0 Å². The molecule has 0 radical (unpaired) electrons. The summed E-state index contributed by atoms with van der Waals surface area (Å²) in [6, 6.07) is -0.544. The van der Waals surface area contributed by atoms with E-state index in [2.05, 4.69) is 6.58 Å². The summed E-state index contributed by atoms with van der Waals surface area (Å²) in [6.07, 6.45) is 0.691. The number of likely N-dealkylation sites (N-methyl/N-ethyl adjacent to an activating group) is 1. The van der Waals surface area contributed by atoms with Crippen molar-refractivity contribution in [3.05, 3.63) is 12.7 Å². The molecular formula is C11H19NO3. The minimum Gasteiger partial charge on any atom is -0.444 e. The van der Waals surface area contributed by atoms with Crippen LogP contribution in [0.5, 0.6) is 0 Å². The first-order valence-electron chi connectivity index (χ1n) is 4.81. The van der Waals surface area contributed by atoms with E-state index in [1.807, 2.05) is 0 Å². The summed E-state index contributed by atoms with van der Waals surface area (Å²) < 4.78 is 5.12. The van der Waals surface area contributed by atoms with Gasteiger partial charge in [-0.1, -0.05) is 6.58 Å². The highest BCUT2D eigenvalue weighted by Gasteiger charge is 2.25. The average Bonchev–Trinajstić information content (AvgIpc) is 2.11. The van der Waals surface area contributed by atoms with Crippen LogP contribution in [0, 0.1) is 0 Å². The topological polar surface area (TPSA) is 46.6 Å². The molecule has 0 saturated heterocycles. The van der Waals surface area contributed by atoms with Gasteiger partial charge in [0.25, 0.3) is 0 Å². The van der Waals surface area contributed by atoms with Gasteiger partial charge in [-0.15, -0.1) is 0 Å². The molecule has 1 atom stereocenters. The Hall–Kier alpha value is -1.32. The van der Waals surface area contributed by atoms with Crippen molar-refractivity contribution in [2.24, 2.45) is 0 Å². The van der Waals surface area contributed by atoms with Crippen molar-refractivity contribution in [2.75, 3.05) is 7.05 Å². The van der Waals surface area contributed by atoms with Crippen molar-refractivity contribution >= 4 is 11.9 Å². The third kappa shape index (κ3) is 4.63. The second-order valence-corrected chi connectivity index (χ2v) is 4.37. The minimum atomic E-state index is -0.553. The lowest BCUT2D eigenvalue weighted by atomic mass is 10.2. The van der Waals surface area contributed by atoms with E-state index in [0.717, 1.165) is 0 Å². The molecule has 0 spiro atoms. The van der Waals surface area contributed by atoms with Crippen LogP contribution in [0.2, 0.25) is 0 Å². The largest absolute Gasteiger partial charge is 0.444 e. The van der Waals surface area contributed by atoms with E-state index in [1.165, 1.54) is 18.0 Å². The van der Waals surface area contributed by atoms with E-state index < -0.39 is 17.7 Å². The van der Waals surface area contributed by atoms with E-state index in [-0.39, 0.29) is 5.78 Å². The third-order valence-corrected chi connectivity index (χ3v) is 1.88. The molecule has 0 aliphatic carbocycles. The molecule has 4 heteroatoms. The molecule has 0 N–H and O–H groups in total. The van der Waals surface area contributed by atoms with Gasteiger partial charge in [-0.25, -0.2) is 4.79 Å². The highest BCUT2D eigenvalue weighted by Crippen LogP contribution is 2.11. The summed E-state index contributed by atoms with van der Waals surface area (Å²) in [4.78, 5) is 24.1. The third-order valence-electron chi connectivity index (χ3n) is 1.88. The maximum absolute atomic E-state index is 11.5. The molecule has 0 saturated carbocycles. The van der Waals surface area contributed by atoms with Gasteiger partial charge in [0.2, 0.25) is 0 Å². The molecule has 0 aliphatic heterocycles. The van der Waals surface area contributed by atoms with Gasteiger partial charge in [0.1, 0.15) is 5.60 Å². The minimum absolute atomic E-state index is 0.205. The normalized spacial score (nSPS) is 12.9. The SMILES string of the molecule is C=CC(=O)C(C)N(C)C(=O)OC(C)(C)C.